The Balaban J connectivity index is 1.29. The number of nitrogens with zero attached hydrogens (tertiary/aromatic N) is 6. The molecule has 0 unspecified atom stereocenters. The monoisotopic (exact) mass is 398 g/mol. The summed E-state index contributed by atoms with van der Waals surface area (Å²) in [4.78, 5) is 23.1. The Morgan fingerprint density at radius 3 is 2.57 bits per heavy atom. The van der Waals surface area contributed by atoms with Crippen LogP contribution in [-0.4, -0.2) is 42.1 Å². The summed E-state index contributed by atoms with van der Waals surface area (Å²) in [5.41, 5.74) is 1.28. The van der Waals surface area contributed by atoms with Crippen LogP contribution in [0.25, 0.3) is 11.4 Å². The Hall–Kier alpha value is -4.07. The van der Waals surface area contributed by atoms with E-state index in [0.29, 0.717) is 31.1 Å². The summed E-state index contributed by atoms with van der Waals surface area (Å²) < 4.78 is 7.77. The van der Waals surface area contributed by atoms with Gasteiger partial charge in [0.2, 0.25) is 0 Å². The molecule has 8 heteroatoms. The predicted octanol–water partition coefficient (Wildman–Crippen LogP) is 3.18. The number of pyridine rings is 2. The molecule has 1 aliphatic heterocycles. The number of para-hydroxylation sites is 1. The standard InChI is InChI=1S/C22H18N6O2/c29-22(19-9-8-18(14-24-19)30-17-6-2-1-3-7-17)27-11-12-28-20(15-27)25-26-21(28)16-5-4-10-23-13-16/h1-10,13-14H,11-12,15H2. The van der Waals surface area contributed by atoms with E-state index in [-0.39, 0.29) is 5.91 Å². The van der Waals surface area contributed by atoms with Crippen LogP contribution in [0.5, 0.6) is 11.5 Å². The van der Waals surface area contributed by atoms with Gasteiger partial charge in [-0.05, 0) is 36.4 Å². The van der Waals surface area contributed by atoms with E-state index in [1.165, 1.54) is 0 Å². The van der Waals surface area contributed by atoms with Gasteiger partial charge in [0.1, 0.15) is 17.2 Å². The average molecular weight is 398 g/mol. The summed E-state index contributed by atoms with van der Waals surface area (Å²) in [7, 11) is 0. The first kappa shape index (κ1) is 18.0. The molecule has 3 aromatic heterocycles. The third-order valence-corrected chi connectivity index (χ3v) is 4.89. The first-order valence-electron chi connectivity index (χ1n) is 9.58. The first-order chi connectivity index (χ1) is 14.8. The number of carbonyl (C=O) groups is 1. The van der Waals surface area contributed by atoms with Crippen LogP contribution >= 0.6 is 0 Å². The van der Waals surface area contributed by atoms with E-state index in [1.807, 2.05) is 47.0 Å². The van der Waals surface area contributed by atoms with Gasteiger partial charge in [-0.15, -0.1) is 10.2 Å². The molecule has 0 radical (unpaired) electrons. The maximum Gasteiger partial charge on any atom is 0.272 e. The van der Waals surface area contributed by atoms with E-state index < -0.39 is 0 Å². The fourth-order valence-electron chi connectivity index (χ4n) is 3.39. The lowest BCUT2D eigenvalue weighted by Gasteiger charge is -2.27. The molecule has 4 aromatic rings. The Labute approximate surface area is 172 Å². The topological polar surface area (TPSA) is 86.0 Å². The van der Waals surface area contributed by atoms with Gasteiger partial charge >= 0.3 is 0 Å². The number of hydrogen-bond acceptors (Lipinski definition) is 6. The van der Waals surface area contributed by atoms with Crippen molar-refractivity contribution >= 4 is 5.91 Å². The van der Waals surface area contributed by atoms with Crippen LogP contribution in [0, 0.1) is 0 Å². The van der Waals surface area contributed by atoms with Crippen molar-refractivity contribution in [1.29, 1.82) is 0 Å². The highest BCUT2D eigenvalue weighted by Gasteiger charge is 2.26. The van der Waals surface area contributed by atoms with Gasteiger partial charge in [-0.2, -0.15) is 0 Å². The minimum atomic E-state index is -0.140. The van der Waals surface area contributed by atoms with E-state index in [2.05, 4.69) is 20.2 Å². The van der Waals surface area contributed by atoms with E-state index >= 15 is 0 Å². The molecule has 4 heterocycles. The molecule has 0 saturated carbocycles. The van der Waals surface area contributed by atoms with E-state index in [1.54, 1.807) is 35.6 Å². The van der Waals surface area contributed by atoms with Gasteiger partial charge in [-0.3, -0.25) is 9.78 Å². The molecule has 0 spiro atoms. The van der Waals surface area contributed by atoms with Gasteiger partial charge in [0.05, 0.1) is 12.7 Å². The van der Waals surface area contributed by atoms with Crippen LogP contribution in [0.1, 0.15) is 16.3 Å². The van der Waals surface area contributed by atoms with Gasteiger partial charge in [0, 0.05) is 31.0 Å². The minimum absolute atomic E-state index is 0.140. The molecule has 148 valence electrons. The molecule has 0 N–H and O–H groups in total. The molecule has 0 saturated heterocycles. The number of aromatic nitrogens is 5. The number of hydrogen-bond donors (Lipinski definition) is 0. The Morgan fingerprint density at radius 2 is 1.80 bits per heavy atom. The van der Waals surface area contributed by atoms with Gasteiger partial charge in [-0.25, -0.2) is 4.98 Å². The van der Waals surface area contributed by atoms with Crippen LogP contribution in [0.3, 0.4) is 0 Å². The average Bonchev–Trinajstić information content (AvgIpc) is 3.24. The van der Waals surface area contributed by atoms with Crippen molar-refractivity contribution in [3.8, 4) is 22.9 Å². The first-order valence-corrected chi connectivity index (χ1v) is 9.58. The third kappa shape index (κ3) is 3.50. The largest absolute Gasteiger partial charge is 0.456 e. The van der Waals surface area contributed by atoms with E-state index in [0.717, 1.165) is 23.0 Å². The predicted molar refractivity (Wildman–Crippen MR) is 109 cm³/mol. The van der Waals surface area contributed by atoms with Gasteiger partial charge in [0.15, 0.2) is 11.6 Å². The number of fused-ring (bicyclic) bond motifs is 1. The molecule has 0 atom stereocenters. The fourth-order valence-corrected chi connectivity index (χ4v) is 3.39. The molecular weight excluding hydrogens is 380 g/mol. The number of amides is 1. The van der Waals surface area contributed by atoms with Crippen molar-refractivity contribution in [2.45, 2.75) is 13.1 Å². The summed E-state index contributed by atoms with van der Waals surface area (Å²) >= 11 is 0. The van der Waals surface area contributed by atoms with Crippen molar-refractivity contribution in [2.75, 3.05) is 6.54 Å². The Morgan fingerprint density at radius 1 is 0.900 bits per heavy atom. The van der Waals surface area contributed by atoms with Crippen molar-refractivity contribution in [2.24, 2.45) is 0 Å². The molecule has 0 aliphatic carbocycles. The lowest BCUT2D eigenvalue weighted by atomic mass is 10.2. The Kier molecular flexibility index (Phi) is 4.65. The van der Waals surface area contributed by atoms with E-state index in [4.69, 9.17) is 4.74 Å². The van der Waals surface area contributed by atoms with Crippen LogP contribution in [-0.2, 0) is 13.1 Å². The molecular formula is C22H18N6O2. The number of ether oxygens (including phenoxy) is 1. The SMILES string of the molecule is O=C(c1ccc(Oc2ccccc2)cn1)N1CCn2c(nnc2-c2cccnc2)C1. The molecule has 8 nitrogen and oxygen atoms in total. The highest BCUT2D eigenvalue weighted by atomic mass is 16.5. The molecule has 1 amide bonds. The van der Waals surface area contributed by atoms with Gasteiger partial charge in [-0.1, -0.05) is 18.2 Å². The molecule has 1 aliphatic rings. The quantitative estimate of drug-likeness (QED) is 0.525. The highest BCUT2D eigenvalue weighted by molar-refractivity contribution is 5.92. The van der Waals surface area contributed by atoms with Crippen molar-refractivity contribution in [1.82, 2.24) is 29.6 Å². The zero-order valence-corrected chi connectivity index (χ0v) is 16.0. The second kappa shape index (κ2) is 7.75. The Bertz CT molecular complexity index is 1160. The highest BCUT2D eigenvalue weighted by Crippen LogP contribution is 2.23. The third-order valence-electron chi connectivity index (χ3n) is 4.89. The lowest BCUT2D eigenvalue weighted by Crippen LogP contribution is -2.38. The summed E-state index contributed by atoms with van der Waals surface area (Å²) in [6.45, 7) is 1.56. The van der Waals surface area contributed by atoms with Crippen LogP contribution in [0.2, 0.25) is 0 Å². The fraction of sp³-hybridized carbons (Fsp3) is 0.136. The maximum atomic E-state index is 12.9. The van der Waals surface area contributed by atoms with E-state index in [9.17, 15) is 4.79 Å². The van der Waals surface area contributed by atoms with Crippen LogP contribution < -0.4 is 4.74 Å². The summed E-state index contributed by atoms with van der Waals surface area (Å²) in [6, 6.07) is 16.7. The second-order valence-corrected chi connectivity index (χ2v) is 6.85. The zero-order valence-electron chi connectivity index (χ0n) is 16.0. The second-order valence-electron chi connectivity index (χ2n) is 6.85. The van der Waals surface area contributed by atoms with Crippen LogP contribution in [0.15, 0.2) is 73.2 Å². The summed E-state index contributed by atoms with van der Waals surface area (Å²) in [5, 5.41) is 8.56. The molecule has 5 rings (SSSR count). The maximum absolute atomic E-state index is 12.9. The summed E-state index contributed by atoms with van der Waals surface area (Å²) in [5.74, 6) is 2.68. The summed E-state index contributed by atoms with van der Waals surface area (Å²) in [6.07, 6.45) is 5.05. The molecule has 0 fully saturated rings. The zero-order chi connectivity index (χ0) is 20.3. The molecule has 30 heavy (non-hydrogen) atoms. The number of rotatable bonds is 4. The smallest absolute Gasteiger partial charge is 0.272 e. The molecule has 0 bridgehead atoms. The van der Waals surface area contributed by atoms with Gasteiger partial charge in [0.25, 0.3) is 5.91 Å². The van der Waals surface area contributed by atoms with Gasteiger partial charge < -0.3 is 14.2 Å². The van der Waals surface area contributed by atoms with Crippen molar-refractivity contribution in [3.63, 3.8) is 0 Å². The van der Waals surface area contributed by atoms with Crippen molar-refractivity contribution in [3.05, 3.63) is 84.7 Å². The number of carbonyl (C=O) groups excluding carboxylic acids is 1. The number of benzene rings is 1. The lowest BCUT2D eigenvalue weighted by molar-refractivity contribution is 0.0702. The van der Waals surface area contributed by atoms with Crippen LogP contribution in [0.4, 0.5) is 0 Å². The molecule has 1 aromatic carbocycles. The minimum Gasteiger partial charge on any atom is -0.456 e. The normalized spacial score (nSPS) is 13.0. The van der Waals surface area contributed by atoms with Crippen molar-refractivity contribution < 1.29 is 9.53 Å².